The second kappa shape index (κ2) is 5.53. The Labute approximate surface area is 109 Å². The van der Waals surface area contributed by atoms with Crippen molar-refractivity contribution in [2.75, 3.05) is 7.05 Å². The number of nitrogens with two attached hydrogens (primary N) is 1. The summed E-state index contributed by atoms with van der Waals surface area (Å²) >= 11 is 0. The predicted octanol–water partition coefficient (Wildman–Crippen LogP) is 2.33. The SMILES string of the molecule is CC(C1CC1)N(C)C(=O)CC(N)c1ccccc1. The summed E-state index contributed by atoms with van der Waals surface area (Å²) in [7, 11) is 1.89. The lowest BCUT2D eigenvalue weighted by Crippen LogP contribution is -2.37. The predicted molar refractivity (Wildman–Crippen MR) is 72.9 cm³/mol. The lowest BCUT2D eigenvalue weighted by molar-refractivity contribution is -0.132. The van der Waals surface area contributed by atoms with Gasteiger partial charge in [0.25, 0.3) is 0 Å². The lowest BCUT2D eigenvalue weighted by Gasteiger charge is -2.26. The van der Waals surface area contributed by atoms with Crippen LogP contribution in [0.4, 0.5) is 0 Å². The van der Waals surface area contributed by atoms with Crippen LogP contribution < -0.4 is 5.73 Å². The van der Waals surface area contributed by atoms with Crippen molar-refractivity contribution >= 4 is 5.91 Å². The Hall–Kier alpha value is -1.35. The Morgan fingerprint density at radius 1 is 1.39 bits per heavy atom. The van der Waals surface area contributed by atoms with E-state index in [0.717, 1.165) is 5.56 Å². The van der Waals surface area contributed by atoms with Gasteiger partial charge in [0.05, 0.1) is 0 Å². The van der Waals surface area contributed by atoms with Crippen LogP contribution in [0.15, 0.2) is 30.3 Å². The van der Waals surface area contributed by atoms with Crippen LogP contribution in [0.2, 0.25) is 0 Å². The summed E-state index contributed by atoms with van der Waals surface area (Å²) in [6.45, 7) is 2.13. The summed E-state index contributed by atoms with van der Waals surface area (Å²) in [6, 6.07) is 9.96. The monoisotopic (exact) mass is 246 g/mol. The number of rotatable bonds is 5. The molecule has 1 fully saturated rings. The van der Waals surface area contributed by atoms with Gasteiger partial charge in [-0.3, -0.25) is 4.79 Å². The molecular formula is C15H22N2O. The number of hydrogen-bond donors (Lipinski definition) is 1. The quantitative estimate of drug-likeness (QED) is 0.866. The molecule has 1 aromatic carbocycles. The molecule has 3 nitrogen and oxygen atoms in total. The van der Waals surface area contributed by atoms with E-state index >= 15 is 0 Å². The average molecular weight is 246 g/mol. The van der Waals surface area contributed by atoms with Crippen LogP contribution in [-0.4, -0.2) is 23.9 Å². The molecule has 2 rings (SSSR count). The molecule has 3 heteroatoms. The topological polar surface area (TPSA) is 46.3 Å². The molecule has 18 heavy (non-hydrogen) atoms. The molecule has 0 saturated heterocycles. The Balaban J connectivity index is 1.90. The number of hydrogen-bond acceptors (Lipinski definition) is 2. The molecule has 0 spiro atoms. The molecule has 1 saturated carbocycles. The van der Waals surface area contributed by atoms with Gasteiger partial charge in [-0.05, 0) is 31.2 Å². The molecule has 2 atom stereocenters. The number of nitrogens with zero attached hydrogens (tertiary/aromatic N) is 1. The molecule has 0 heterocycles. The third-order valence-corrected chi connectivity index (χ3v) is 3.93. The molecule has 98 valence electrons. The van der Waals surface area contributed by atoms with Gasteiger partial charge in [-0.2, -0.15) is 0 Å². The number of carbonyl (C=O) groups excluding carboxylic acids is 1. The van der Waals surface area contributed by atoms with E-state index in [2.05, 4.69) is 6.92 Å². The molecule has 1 aromatic rings. The van der Waals surface area contributed by atoms with Crippen molar-refractivity contribution in [1.29, 1.82) is 0 Å². The summed E-state index contributed by atoms with van der Waals surface area (Å²) in [5.41, 5.74) is 7.10. The Bertz CT molecular complexity index is 400. The van der Waals surface area contributed by atoms with Gasteiger partial charge in [-0.1, -0.05) is 30.3 Å². The maximum absolute atomic E-state index is 12.1. The smallest absolute Gasteiger partial charge is 0.224 e. The molecule has 0 bridgehead atoms. The number of benzene rings is 1. The molecule has 0 radical (unpaired) electrons. The summed E-state index contributed by atoms with van der Waals surface area (Å²) < 4.78 is 0. The zero-order valence-electron chi connectivity index (χ0n) is 11.2. The molecule has 2 N–H and O–H groups in total. The van der Waals surface area contributed by atoms with E-state index in [1.165, 1.54) is 12.8 Å². The highest BCUT2D eigenvalue weighted by atomic mass is 16.2. The maximum atomic E-state index is 12.1. The van der Waals surface area contributed by atoms with Gasteiger partial charge >= 0.3 is 0 Å². The molecule has 1 aliphatic carbocycles. The van der Waals surface area contributed by atoms with Crippen molar-refractivity contribution in [3.05, 3.63) is 35.9 Å². The Morgan fingerprint density at radius 3 is 2.56 bits per heavy atom. The summed E-state index contributed by atoms with van der Waals surface area (Å²) in [5.74, 6) is 0.845. The van der Waals surface area contributed by atoms with Gasteiger partial charge in [-0.15, -0.1) is 0 Å². The van der Waals surface area contributed by atoms with Crippen LogP contribution in [0.25, 0.3) is 0 Å². The highest BCUT2D eigenvalue weighted by molar-refractivity contribution is 5.77. The maximum Gasteiger partial charge on any atom is 0.224 e. The van der Waals surface area contributed by atoms with Crippen molar-refractivity contribution < 1.29 is 4.79 Å². The van der Waals surface area contributed by atoms with Crippen LogP contribution in [0.5, 0.6) is 0 Å². The molecule has 1 amide bonds. The van der Waals surface area contributed by atoms with Crippen LogP contribution in [-0.2, 0) is 4.79 Å². The summed E-state index contributed by atoms with van der Waals surface area (Å²) in [4.78, 5) is 14.0. The fraction of sp³-hybridized carbons (Fsp3) is 0.533. The number of carbonyl (C=O) groups is 1. The minimum absolute atomic E-state index is 0.144. The highest BCUT2D eigenvalue weighted by Gasteiger charge is 2.32. The van der Waals surface area contributed by atoms with Gasteiger partial charge in [0, 0.05) is 25.6 Å². The van der Waals surface area contributed by atoms with Crippen LogP contribution in [0.1, 0.15) is 37.8 Å². The lowest BCUT2D eigenvalue weighted by atomic mass is 10.0. The molecule has 1 aliphatic rings. The third kappa shape index (κ3) is 3.10. The van der Waals surface area contributed by atoms with Crippen molar-refractivity contribution in [1.82, 2.24) is 4.90 Å². The van der Waals surface area contributed by atoms with Crippen LogP contribution in [0, 0.1) is 5.92 Å². The molecule has 2 unspecified atom stereocenters. The minimum atomic E-state index is -0.201. The standard InChI is InChI=1S/C15H22N2O/c1-11(12-8-9-12)17(2)15(18)10-14(16)13-6-4-3-5-7-13/h3-7,11-12,14H,8-10,16H2,1-2H3. The minimum Gasteiger partial charge on any atom is -0.343 e. The van der Waals surface area contributed by atoms with E-state index < -0.39 is 0 Å². The normalized spacial score (nSPS) is 18.2. The number of amides is 1. The van der Waals surface area contributed by atoms with Gasteiger partial charge in [0.15, 0.2) is 0 Å². The van der Waals surface area contributed by atoms with Gasteiger partial charge in [-0.25, -0.2) is 0 Å². The van der Waals surface area contributed by atoms with Gasteiger partial charge < -0.3 is 10.6 Å². The Morgan fingerprint density at radius 2 is 2.00 bits per heavy atom. The first-order valence-electron chi connectivity index (χ1n) is 6.65. The second-order valence-electron chi connectivity index (χ2n) is 5.30. The summed E-state index contributed by atoms with van der Waals surface area (Å²) in [5, 5.41) is 0. The van der Waals surface area contributed by atoms with E-state index in [4.69, 9.17) is 5.73 Å². The first-order valence-corrected chi connectivity index (χ1v) is 6.65. The van der Waals surface area contributed by atoms with E-state index in [-0.39, 0.29) is 11.9 Å². The fourth-order valence-electron chi connectivity index (χ4n) is 2.27. The van der Waals surface area contributed by atoms with E-state index in [1.54, 1.807) is 0 Å². The molecule has 0 aromatic heterocycles. The van der Waals surface area contributed by atoms with Crippen molar-refractivity contribution in [3.63, 3.8) is 0 Å². The molecular weight excluding hydrogens is 224 g/mol. The zero-order valence-corrected chi connectivity index (χ0v) is 11.2. The first kappa shape index (κ1) is 13.1. The summed E-state index contributed by atoms with van der Waals surface area (Å²) in [6.07, 6.45) is 2.89. The third-order valence-electron chi connectivity index (χ3n) is 3.93. The van der Waals surface area contributed by atoms with Crippen molar-refractivity contribution in [2.45, 2.75) is 38.3 Å². The van der Waals surface area contributed by atoms with E-state index in [1.807, 2.05) is 42.3 Å². The first-order chi connectivity index (χ1) is 8.59. The van der Waals surface area contributed by atoms with Crippen LogP contribution in [0.3, 0.4) is 0 Å². The van der Waals surface area contributed by atoms with E-state index in [0.29, 0.717) is 18.4 Å². The van der Waals surface area contributed by atoms with Crippen LogP contribution >= 0.6 is 0 Å². The molecule has 0 aliphatic heterocycles. The van der Waals surface area contributed by atoms with Gasteiger partial charge in [0.1, 0.15) is 0 Å². The van der Waals surface area contributed by atoms with Crippen molar-refractivity contribution in [2.24, 2.45) is 11.7 Å². The highest BCUT2D eigenvalue weighted by Crippen LogP contribution is 2.35. The zero-order chi connectivity index (χ0) is 13.1. The van der Waals surface area contributed by atoms with E-state index in [9.17, 15) is 4.79 Å². The van der Waals surface area contributed by atoms with Crippen molar-refractivity contribution in [3.8, 4) is 0 Å². The fourth-order valence-corrected chi connectivity index (χ4v) is 2.27. The second-order valence-corrected chi connectivity index (χ2v) is 5.30. The van der Waals surface area contributed by atoms with Gasteiger partial charge in [0.2, 0.25) is 5.91 Å². The average Bonchev–Trinajstić information content (AvgIpc) is 3.22. The Kier molecular flexibility index (Phi) is 4.02. The largest absolute Gasteiger partial charge is 0.343 e.